The molecule has 0 atom stereocenters. The molecule has 2 rings (SSSR count). The predicted octanol–water partition coefficient (Wildman–Crippen LogP) is 3.48. The van der Waals surface area contributed by atoms with Crippen LogP contribution in [-0.2, 0) is 4.79 Å². The summed E-state index contributed by atoms with van der Waals surface area (Å²) >= 11 is 6.59. The van der Waals surface area contributed by atoms with Crippen LogP contribution in [0.2, 0.25) is 0 Å². The van der Waals surface area contributed by atoms with E-state index in [-0.39, 0.29) is 35.5 Å². The van der Waals surface area contributed by atoms with Gasteiger partial charge in [-0.25, -0.2) is 4.39 Å². The highest BCUT2D eigenvalue weighted by atomic mass is 32.1. The molecular weight excluding hydrogens is 361 g/mol. The number of anilines is 1. The molecule has 132 valence electrons. The van der Waals surface area contributed by atoms with E-state index in [1.54, 1.807) is 11.3 Å². The summed E-state index contributed by atoms with van der Waals surface area (Å²) < 4.78 is 12.8. The Hall–Kier alpha value is -2.32. The highest BCUT2D eigenvalue weighted by Crippen LogP contribution is 2.22. The fourth-order valence-electron chi connectivity index (χ4n) is 2.15. The average Bonchev–Trinajstić information content (AvgIpc) is 2.91. The van der Waals surface area contributed by atoms with Gasteiger partial charge in [0, 0.05) is 33.8 Å². The van der Waals surface area contributed by atoms with E-state index < -0.39 is 0 Å². The van der Waals surface area contributed by atoms with Crippen molar-refractivity contribution in [3.63, 3.8) is 0 Å². The zero-order valence-corrected chi connectivity index (χ0v) is 15.4. The summed E-state index contributed by atoms with van der Waals surface area (Å²) in [5.74, 6) is -0.747. The molecule has 8 heteroatoms. The smallest absolute Gasteiger partial charge is 0.238 e. The number of ketones is 1. The number of thiocarbonyl (C=S) groups is 1. The molecule has 25 heavy (non-hydrogen) atoms. The van der Waals surface area contributed by atoms with Gasteiger partial charge in [0.1, 0.15) is 5.82 Å². The Kier molecular flexibility index (Phi) is 6.60. The number of hydrogen-bond acceptors (Lipinski definition) is 4. The minimum absolute atomic E-state index is 0.0518. The monoisotopic (exact) mass is 379 g/mol. The summed E-state index contributed by atoms with van der Waals surface area (Å²) in [6.45, 7) is 3.84. The molecule has 3 N–H and O–H groups in total. The van der Waals surface area contributed by atoms with Crippen LogP contribution in [0.1, 0.15) is 33.0 Å². The first-order chi connectivity index (χ1) is 11.8. The summed E-state index contributed by atoms with van der Waals surface area (Å²) in [6, 6.07) is 7.48. The van der Waals surface area contributed by atoms with Crippen LogP contribution < -0.4 is 16.2 Å². The molecule has 0 radical (unpaired) electrons. The van der Waals surface area contributed by atoms with Gasteiger partial charge >= 0.3 is 0 Å². The molecule has 5 nitrogen and oxygen atoms in total. The number of carbonyl (C=O) groups is 2. The van der Waals surface area contributed by atoms with E-state index in [0.717, 1.165) is 9.75 Å². The number of thiophene rings is 1. The SMILES string of the molecule is Cc1cc(C(=O)CCC(=O)NNC(=S)Nc2ccc(F)cc2)c(C)s1. The lowest BCUT2D eigenvalue weighted by Gasteiger charge is -2.11. The average molecular weight is 379 g/mol. The van der Waals surface area contributed by atoms with Crippen LogP contribution >= 0.6 is 23.6 Å². The Bertz CT molecular complexity index is 788. The number of aryl methyl sites for hydroxylation is 2. The van der Waals surface area contributed by atoms with E-state index in [1.165, 1.54) is 24.3 Å². The normalized spacial score (nSPS) is 10.2. The summed E-state index contributed by atoms with van der Waals surface area (Å²) in [6.07, 6.45) is 0.183. The zero-order valence-electron chi connectivity index (χ0n) is 13.8. The summed E-state index contributed by atoms with van der Waals surface area (Å²) in [7, 11) is 0. The maximum Gasteiger partial charge on any atom is 0.238 e. The Labute approximate surface area is 154 Å². The van der Waals surface area contributed by atoms with Crippen LogP contribution in [0.3, 0.4) is 0 Å². The number of hydrazine groups is 1. The fraction of sp³-hybridized carbons (Fsp3) is 0.235. The van der Waals surface area contributed by atoms with Gasteiger partial charge in [0.25, 0.3) is 0 Å². The minimum atomic E-state index is -0.349. The lowest BCUT2D eigenvalue weighted by Crippen LogP contribution is -2.43. The number of benzene rings is 1. The van der Waals surface area contributed by atoms with Gasteiger partial charge in [-0.1, -0.05) is 0 Å². The van der Waals surface area contributed by atoms with Gasteiger partial charge in [-0.3, -0.25) is 20.4 Å². The van der Waals surface area contributed by atoms with E-state index in [0.29, 0.717) is 11.3 Å². The Balaban J connectivity index is 1.73. The molecule has 2 aromatic rings. The number of carbonyl (C=O) groups excluding carboxylic acids is 2. The van der Waals surface area contributed by atoms with Gasteiger partial charge < -0.3 is 5.32 Å². The maximum absolute atomic E-state index is 12.8. The van der Waals surface area contributed by atoms with E-state index in [1.807, 2.05) is 19.9 Å². The van der Waals surface area contributed by atoms with Crippen molar-refractivity contribution in [3.05, 3.63) is 51.5 Å². The third-order valence-electron chi connectivity index (χ3n) is 3.34. The summed E-state index contributed by atoms with van der Waals surface area (Å²) in [5, 5.41) is 2.96. The van der Waals surface area contributed by atoms with Crippen LogP contribution in [0.4, 0.5) is 10.1 Å². The maximum atomic E-state index is 12.8. The first-order valence-corrected chi connectivity index (χ1v) is 8.79. The molecule has 0 aliphatic rings. The third-order valence-corrected chi connectivity index (χ3v) is 4.51. The van der Waals surface area contributed by atoms with Crippen molar-refractivity contribution in [1.82, 2.24) is 10.9 Å². The Morgan fingerprint density at radius 1 is 1.12 bits per heavy atom. The van der Waals surface area contributed by atoms with Gasteiger partial charge in [-0.05, 0) is 56.4 Å². The van der Waals surface area contributed by atoms with Crippen molar-refractivity contribution in [1.29, 1.82) is 0 Å². The van der Waals surface area contributed by atoms with E-state index >= 15 is 0 Å². The van der Waals surface area contributed by atoms with Crippen molar-refractivity contribution >= 4 is 46.0 Å². The minimum Gasteiger partial charge on any atom is -0.331 e. The molecule has 0 saturated carbocycles. The van der Waals surface area contributed by atoms with Crippen molar-refractivity contribution in [2.24, 2.45) is 0 Å². The molecule has 0 spiro atoms. The fourth-order valence-corrected chi connectivity index (χ4v) is 3.27. The van der Waals surface area contributed by atoms with E-state index in [2.05, 4.69) is 16.2 Å². The summed E-state index contributed by atoms with van der Waals surface area (Å²) in [4.78, 5) is 26.0. The van der Waals surface area contributed by atoms with Crippen LogP contribution in [-0.4, -0.2) is 16.8 Å². The highest BCUT2D eigenvalue weighted by Gasteiger charge is 2.13. The molecule has 0 bridgehead atoms. The van der Waals surface area contributed by atoms with Gasteiger partial charge in [-0.15, -0.1) is 11.3 Å². The van der Waals surface area contributed by atoms with Crippen LogP contribution in [0.15, 0.2) is 30.3 Å². The second-order valence-electron chi connectivity index (χ2n) is 5.38. The molecular formula is C17H18FN3O2S2. The quantitative estimate of drug-likeness (QED) is 0.421. The highest BCUT2D eigenvalue weighted by molar-refractivity contribution is 7.80. The molecule has 0 fully saturated rings. The Morgan fingerprint density at radius 3 is 2.40 bits per heavy atom. The molecule has 1 heterocycles. The van der Waals surface area contributed by atoms with Crippen molar-refractivity contribution in [2.75, 3.05) is 5.32 Å². The number of nitrogens with one attached hydrogen (secondary N) is 3. The van der Waals surface area contributed by atoms with Crippen molar-refractivity contribution in [3.8, 4) is 0 Å². The summed E-state index contributed by atoms with van der Waals surface area (Å²) in [5.41, 5.74) is 6.23. The first kappa shape index (κ1) is 19.0. The zero-order chi connectivity index (χ0) is 18.4. The Morgan fingerprint density at radius 2 is 1.80 bits per heavy atom. The van der Waals surface area contributed by atoms with Crippen molar-refractivity contribution < 1.29 is 14.0 Å². The molecule has 0 aliphatic heterocycles. The molecule has 0 saturated heterocycles. The predicted molar refractivity (Wildman–Crippen MR) is 101 cm³/mol. The van der Waals surface area contributed by atoms with Crippen LogP contribution in [0, 0.1) is 19.7 Å². The molecule has 1 aromatic heterocycles. The number of halogens is 1. The van der Waals surface area contributed by atoms with E-state index in [9.17, 15) is 14.0 Å². The van der Waals surface area contributed by atoms with Crippen LogP contribution in [0.25, 0.3) is 0 Å². The van der Waals surface area contributed by atoms with Crippen LogP contribution in [0.5, 0.6) is 0 Å². The first-order valence-electron chi connectivity index (χ1n) is 7.57. The van der Waals surface area contributed by atoms with Gasteiger partial charge in [-0.2, -0.15) is 0 Å². The second-order valence-corrected chi connectivity index (χ2v) is 7.25. The number of amides is 1. The molecule has 1 amide bonds. The molecule has 0 unspecified atom stereocenters. The topological polar surface area (TPSA) is 70.2 Å². The lowest BCUT2D eigenvalue weighted by molar-refractivity contribution is -0.121. The third kappa shape index (κ3) is 5.91. The standard InChI is InChI=1S/C17H18FN3O2S2/c1-10-9-14(11(2)25-10)15(22)7-8-16(23)20-21-17(24)19-13-5-3-12(18)4-6-13/h3-6,9H,7-8H2,1-2H3,(H,20,23)(H2,19,21,24). The second kappa shape index (κ2) is 8.68. The van der Waals surface area contributed by atoms with E-state index in [4.69, 9.17) is 12.2 Å². The number of hydrogen-bond donors (Lipinski definition) is 3. The number of rotatable bonds is 5. The van der Waals surface area contributed by atoms with Crippen molar-refractivity contribution in [2.45, 2.75) is 26.7 Å². The lowest BCUT2D eigenvalue weighted by atomic mass is 10.1. The number of Topliss-reactive ketones (excluding diaryl/α,β-unsaturated/α-hetero) is 1. The van der Waals surface area contributed by atoms with Gasteiger partial charge in [0.15, 0.2) is 10.9 Å². The molecule has 1 aromatic carbocycles. The van der Waals surface area contributed by atoms with Gasteiger partial charge in [0.2, 0.25) is 5.91 Å². The van der Waals surface area contributed by atoms with Gasteiger partial charge in [0.05, 0.1) is 0 Å². The molecule has 0 aliphatic carbocycles. The largest absolute Gasteiger partial charge is 0.331 e.